The Morgan fingerprint density at radius 1 is 1.60 bits per heavy atom. The van der Waals surface area contributed by atoms with Crippen LogP contribution in [0.25, 0.3) is 0 Å². The van der Waals surface area contributed by atoms with E-state index in [0.29, 0.717) is 0 Å². The van der Waals surface area contributed by atoms with Gasteiger partial charge < -0.3 is 12.9 Å². The number of hydrogen-bond acceptors (Lipinski definition) is 2. The van der Waals surface area contributed by atoms with Crippen LogP contribution < -0.4 is 0 Å². The first-order valence-corrected chi connectivity index (χ1v) is 1.17. The minimum atomic E-state index is -1.69. The maximum atomic E-state index is 7.38. The molecular formula is H4BClO2Sr. The molecule has 0 saturated heterocycles. The summed E-state index contributed by atoms with van der Waals surface area (Å²) in [7, 11) is 0. The van der Waals surface area contributed by atoms with E-state index >= 15 is 0 Å². The minimum Gasteiger partial charge on any atom is -1.00 e. The van der Waals surface area contributed by atoms with Gasteiger partial charge >= 0.3 is 52.0 Å². The van der Waals surface area contributed by atoms with Crippen molar-refractivity contribution in [2.24, 2.45) is 0 Å². The molecular weight excluding hydrogens is 166 g/mol. The third-order valence-electron chi connectivity index (χ3n) is 0. The van der Waals surface area contributed by atoms with Gasteiger partial charge in [0.05, 0.1) is 0 Å². The molecule has 0 heterocycles. The van der Waals surface area contributed by atoms with Crippen molar-refractivity contribution in [1.29, 1.82) is 0 Å². The zero-order chi connectivity index (χ0) is 3.58. The van der Waals surface area contributed by atoms with Crippen molar-refractivity contribution in [3.63, 3.8) is 0 Å². The Hall–Kier alpha value is 1.76. The molecule has 2 nitrogen and oxygen atoms in total. The van der Waals surface area contributed by atoms with Crippen molar-refractivity contribution in [1.82, 2.24) is 0 Å². The Labute approximate surface area is 75.4 Å². The summed E-state index contributed by atoms with van der Waals surface area (Å²) in [6, 6.07) is 0. The van der Waals surface area contributed by atoms with Crippen molar-refractivity contribution in [3.05, 3.63) is 0 Å². The second kappa shape index (κ2) is 5.76. The first-order valence-electron chi connectivity index (χ1n) is 0.735. The van der Waals surface area contributed by atoms with Crippen molar-refractivity contribution < 1.29 is 12.9 Å². The molecule has 5 heavy (non-hydrogen) atoms. The van der Waals surface area contributed by atoms with Crippen molar-refractivity contribution in [2.45, 2.75) is 0 Å². The molecule has 5 heteroatoms. The summed E-state index contributed by atoms with van der Waals surface area (Å²) in [6.45, 7) is -1.69. The zero-order valence-electron chi connectivity index (χ0n) is 4.56. The van der Waals surface area contributed by atoms with Gasteiger partial charge in [-0.25, -0.2) is 0 Å². The quantitative estimate of drug-likeness (QED) is 0.459. The molecule has 0 bridgehead atoms. The normalized spacial score (nSPS) is 5.40. The van der Waals surface area contributed by atoms with Gasteiger partial charge in [0.15, 0.2) is 0 Å². The van der Waals surface area contributed by atoms with E-state index in [9.17, 15) is 0 Å². The average Bonchev–Trinajstić information content (AvgIpc) is 0.811. The van der Waals surface area contributed by atoms with Crippen LogP contribution in [-0.4, -0.2) is 62.1 Å². The maximum absolute atomic E-state index is 7.38. The van der Waals surface area contributed by atoms with Crippen molar-refractivity contribution in [2.75, 3.05) is 0 Å². The van der Waals surface area contributed by atoms with E-state index in [2.05, 4.69) is 11.5 Å². The van der Waals surface area contributed by atoms with E-state index < -0.39 is 6.53 Å². The van der Waals surface area contributed by atoms with E-state index in [-0.39, 0.29) is 48.3 Å². The Bertz CT molecular complexity index is 20.4. The molecule has 0 saturated carbocycles. The molecule has 0 radical (unpaired) electrons. The van der Waals surface area contributed by atoms with Gasteiger partial charge in [0, 0.05) is 0 Å². The Kier molecular flexibility index (Phi) is 11.4. The third-order valence-corrected chi connectivity index (χ3v) is 0. The van der Waals surface area contributed by atoms with E-state index in [0.717, 1.165) is 0 Å². The molecule has 0 rings (SSSR count). The largest absolute Gasteiger partial charge is 2.00 e. The number of rotatable bonds is 0. The van der Waals surface area contributed by atoms with Crippen LogP contribution in [0.4, 0.5) is 0 Å². The number of halogens is 1. The molecule has 0 aliphatic rings. The summed E-state index contributed by atoms with van der Waals surface area (Å²) in [6.07, 6.45) is 0. The van der Waals surface area contributed by atoms with E-state index in [1.165, 1.54) is 0 Å². The molecule has 0 amide bonds. The summed E-state index contributed by atoms with van der Waals surface area (Å²) < 4.78 is 0. The second-order valence-corrected chi connectivity index (χ2v) is 0.701. The van der Waals surface area contributed by atoms with Crippen LogP contribution in [0, 0.1) is 0 Å². The van der Waals surface area contributed by atoms with Crippen LogP contribution in [0.2, 0.25) is 0 Å². The molecule has 0 aliphatic carbocycles. The van der Waals surface area contributed by atoms with Gasteiger partial charge in [-0.15, -0.1) is 11.5 Å². The van der Waals surface area contributed by atoms with Gasteiger partial charge in [0.2, 0.25) is 0 Å². The molecule has 2 N–H and O–H groups in total. The summed E-state index contributed by atoms with van der Waals surface area (Å²) in [5.74, 6) is 0. The van der Waals surface area contributed by atoms with E-state index in [1.807, 2.05) is 0 Å². The van der Waals surface area contributed by atoms with Gasteiger partial charge in [-0.2, -0.15) is 0 Å². The third kappa shape index (κ3) is 26.3. The van der Waals surface area contributed by atoms with E-state index in [1.54, 1.807) is 0 Å². The first-order chi connectivity index (χ1) is 1.73. The van der Waals surface area contributed by atoms with Crippen LogP contribution in [0.3, 0.4) is 0 Å². The van der Waals surface area contributed by atoms with Gasteiger partial charge in [-0.3, -0.25) is 0 Å². The zero-order valence-corrected chi connectivity index (χ0v) is 6.79. The van der Waals surface area contributed by atoms with Crippen molar-refractivity contribution in [3.8, 4) is 0 Å². The first kappa shape index (κ1) is 9.90. The van der Waals surface area contributed by atoms with Crippen molar-refractivity contribution >= 4 is 63.5 Å². The van der Waals surface area contributed by atoms with Crippen LogP contribution in [0.15, 0.2) is 0 Å². The fourth-order valence-corrected chi connectivity index (χ4v) is 0. The predicted molar refractivity (Wildman–Crippen MR) is 24.0 cm³/mol. The fraction of sp³-hybridized carbons (Fsp3) is 0. The topological polar surface area (TPSA) is 40.5 Å². The van der Waals surface area contributed by atoms with E-state index in [4.69, 9.17) is 10.0 Å². The van der Waals surface area contributed by atoms with Gasteiger partial charge in [0.25, 0.3) is 0 Å². The average molecular weight is 170 g/mol. The molecule has 0 aromatic carbocycles. The second-order valence-electron chi connectivity index (χ2n) is 0.311. The van der Waals surface area contributed by atoms with Gasteiger partial charge in [-0.1, -0.05) is 0 Å². The maximum Gasteiger partial charge on any atom is 2.00 e. The summed E-state index contributed by atoms with van der Waals surface area (Å²) >= 11 is 4.39. The molecule has 0 aromatic heterocycles. The molecule has 0 atom stereocenters. The standard InChI is InChI=1S/BClH2O2.Sr.2H/c2-1(3)4;;;/h3-4H;;;/q;+2;2*-1. The number of hydrogen-bond donors (Lipinski definition) is 2. The Balaban J connectivity index is -0.0000000150. The van der Waals surface area contributed by atoms with Crippen LogP contribution in [0.5, 0.6) is 0 Å². The summed E-state index contributed by atoms with van der Waals surface area (Å²) in [5, 5.41) is 14.8. The van der Waals surface area contributed by atoms with Crippen LogP contribution >= 0.6 is 11.5 Å². The molecule has 0 aliphatic heterocycles. The smallest absolute Gasteiger partial charge is 1.00 e. The Morgan fingerprint density at radius 2 is 1.60 bits per heavy atom. The summed E-state index contributed by atoms with van der Waals surface area (Å²) in [5.41, 5.74) is 0. The van der Waals surface area contributed by atoms with Crippen LogP contribution in [0.1, 0.15) is 2.85 Å². The van der Waals surface area contributed by atoms with Gasteiger partial charge in [0.1, 0.15) is 0 Å². The van der Waals surface area contributed by atoms with Crippen LogP contribution in [-0.2, 0) is 0 Å². The molecule has 0 unspecified atom stereocenters. The summed E-state index contributed by atoms with van der Waals surface area (Å²) in [4.78, 5) is 0. The molecule has 0 fully saturated rings. The monoisotopic (exact) mass is 170 g/mol. The minimum absolute atomic E-state index is 0. The fourth-order valence-electron chi connectivity index (χ4n) is 0. The molecule has 0 aromatic rings. The van der Waals surface area contributed by atoms with Gasteiger partial charge in [-0.05, 0) is 0 Å². The Morgan fingerprint density at radius 3 is 1.60 bits per heavy atom. The molecule has 0 spiro atoms. The molecule has 28 valence electrons. The SMILES string of the molecule is OB(O)Cl.[H-].[H-].[Sr+2]. The predicted octanol–water partition coefficient (Wildman–Crippen LogP) is -0.961.